The van der Waals surface area contributed by atoms with Crippen LogP contribution in [0.1, 0.15) is 90.0 Å². The second kappa shape index (κ2) is 9.03. The minimum Gasteiger partial charge on any atom is -0.255 e. The van der Waals surface area contributed by atoms with Crippen LogP contribution in [-0.2, 0) is 16.2 Å². The van der Waals surface area contributed by atoms with Gasteiger partial charge in [-0.2, -0.15) is 0 Å². The van der Waals surface area contributed by atoms with Gasteiger partial charge in [-0.25, -0.2) is 0 Å². The van der Waals surface area contributed by atoms with Crippen molar-refractivity contribution in [2.24, 2.45) is 0 Å². The molecule has 0 atom stereocenters. The number of aryl methyl sites for hydroxylation is 1. The van der Waals surface area contributed by atoms with Gasteiger partial charge in [0.2, 0.25) is 0 Å². The van der Waals surface area contributed by atoms with Gasteiger partial charge in [-0.15, -0.1) is 11.3 Å². The Hall–Kier alpha value is -2.97. The summed E-state index contributed by atoms with van der Waals surface area (Å²) in [6.45, 7) is 18.9. The fraction of sp³-hybridized carbons (Fsp3) is 0.378. The Labute approximate surface area is 238 Å². The fourth-order valence-electron chi connectivity index (χ4n) is 6.77. The smallest absolute Gasteiger partial charge is 0.0880 e. The number of fused-ring (bicyclic) bond motifs is 3. The van der Waals surface area contributed by atoms with E-state index in [1.807, 2.05) is 17.5 Å². The highest BCUT2D eigenvalue weighted by Gasteiger charge is 2.34. The minimum atomic E-state index is 0.0441. The molecule has 1 aliphatic carbocycles. The normalized spacial score (nSPS) is 16.8. The molecule has 6 rings (SSSR count). The third kappa shape index (κ3) is 4.42. The quantitative estimate of drug-likeness (QED) is 0.206. The van der Waals surface area contributed by atoms with Crippen molar-refractivity contribution in [3.05, 3.63) is 89.1 Å². The monoisotopic (exact) mass is 531 g/mol. The van der Waals surface area contributed by atoms with Gasteiger partial charge in [0.1, 0.15) is 0 Å². The molecule has 0 spiro atoms. The lowest BCUT2D eigenvalue weighted by molar-refractivity contribution is 0.433. The molecule has 0 saturated carbocycles. The van der Waals surface area contributed by atoms with Gasteiger partial charge in [0.15, 0.2) is 0 Å². The number of benzene rings is 3. The molecular formula is C37H41NS. The first-order valence-corrected chi connectivity index (χ1v) is 15.3. The molecule has 2 heterocycles. The van der Waals surface area contributed by atoms with Crippen LogP contribution >= 0.6 is 11.3 Å². The van der Waals surface area contributed by atoms with Crippen LogP contribution in [0.3, 0.4) is 0 Å². The van der Waals surface area contributed by atoms with Gasteiger partial charge in [-0.3, -0.25) is 4.98 Å². The lowest BCUT2D eigenvalue weighted by atomic mass is 9.74. The SMILES string of the molecule is Cc1c(-c2ccc3c(c2)C(C)(C)CCCC3(C)C)sc2c(-c3cc(C(C)(C)C)c4ccccc4c3)nccc12. The average molecular weight is 532 g/mol. The maximum absolute atomic E-state index is 4.99. The van der Waals surface area contributed by atoms with Crippen molar-refractivity contribution in [1.29, 1.82) is 0 Å². The van der Waals surface area contributed by atoms with Gasteiger partial charge in [0.25, 0.3) is 0 Å². The molecule has 39 heavy (non-hydrogen) atoms. The van der Waals surface area contributed by atoms with Crippen LogP contribution in [0.15, 0.2) is 66.9 Å². The molecular weight excluding hydrogens is 490 g/mol. The molecule has 0 radical (unpaired) electrons. The van der Waals surface area contributed by atoms with E-state index in [-0.39, 0.29) is 16.2 Å². The van der Waals surface area contributed by atoms with Crippen LogP contribution in [0.4, 0.5) is 0 Å². The molecule has 3 aromatic carbocycles. The Balaban J connectivity index is 1.55. The van der Waals surface area contributed by atoms with Crippen molar-refractivity contribution >= 4 is 32.2 Å². The highest BCUT2D eigenvalue weighted by Crippen LogP contribution is 2.48. The molecule has 0 unspecified atom stereocenters. The summed E-state index contributed by atoms with van der Waals surface area (Å²) in [6, 6.07) is 23.0. The summed E-state index contributed by atoms with van der Waals surface area (Å²) in [5.41, 5.74) is 9.89. The molecule has 0 saturated heterocycles. The molecule has 0 bridgehead atoms. The van der Waals surface area contributed by atoms with E-state index in [0.29, 0.717) is 0 Å². The summed E-state index contributed by atoms with van der Waals surface area (Å²) in [6.07, 6.45) is 5.77. The van der Waals surface area contributed by atoms with Crippen LogP contribution < -0.4 is 0 Å². The van der Waals surface area contributed by atoms with Crippen molar-refractivity contribution in [2.75, 3.05) is 0 Å². The summed E-state index contributed by atoms with van der Waals surface area (Å²) in [4.78, 5) is 6.36. The third-order valence-electron chi connectivity index (χ3n) is 9.14. The molecule has 1 aliphatic rings. The largest absolute Gasteiger partial charge is 0.255 e. The summed E-state index contributed by atoms with van der Waals surface area (Å²) < 4.78 is 1.29. The Morgan fingerprint density at radius 1 is 0.769 bits per heavy atom. The first-order valence-electron chi connectivity index (χ1n) is 14.4. The number of hydrogen-bond acceptors (Lipinski definition) is 2. The minimum absolute atomic E-state index is 0.0441. The molecule has 0 N–H and O–H groups in total. The van der Waals surface area contributed by atoms with E-state index >= 15 is 0 Å². The van der Waals surface area contributed by atoms with Gasteiger partial charge >= 0.3 is 0 Å². The van der Waals surface area contributed by atoms with Crippen LogP contribution in [0, 0.1) is 6.92 Å². The van der Waals surface area contributed by atoms with Crippen molar-refractivity contribution in [3.63, 3.8) is 0 Å². The molecule has 200 valence electrons. The van der Waals surface area contributed by atoms with Crippen LogP contribution in [-0.4, -0.2) is 4.98 Å². The van der Waals surface area contributed by atoms with E-state index in [0.717, 1.165) is 5.69 Å². The zero-order valence-corrected chi connectivity index (χ0v) is 25.6. The zero-order chi connectivity index (χ0) is 27.7. The van der Waals surface area contributed by atoms with Crippen molar-refractivity contribution < 1.29 is 0 Å². The lowest BCUT2D eigenvalue weighted by Crippen LogP contribution is -2.21. The number of pyridine rings is 1. The standard InChI is InChI=1S/C37H41NS/c1-23-27-16-19-38-32(26-20-24-12-9-10-13-28(24)30(22-26)35(2,3)4)34(27)39-33(23)25-14-15-29-31(21-25)37(7,8)18-11-17-36(29,5)6/h9-10,12-16,19-22H,11,17-18H2,1-8H3. The number of rotatable bonds is 2. The van der Waals surface area contributed by atoms with E-state index in [4.69, 9.17) is 4.98 Å². The van der Waals surface area contributed by atoms with E-state index in [1.54, 1.807) is 0 Å². The van der Waals surface area contributed by atoms with Crippen molar-refractivity contribution in [1.82, 2.24) is 4.98 Å². The number of nitrogens with zero attached hydrogens (tertiary/aromatic N) is 1. The van der Waals surface area contributed by atoms with E-state index < -0.39 is 0 Å². The zero-order valence-electron chi connectivity index (χ0n) is 24.8. The average Bonchev–Trinajstić information content (AvgIpc) is 3.19. The summed E-state index contributed by atoms with van der Waals surface area (Å²) >= 11 is 1.91. The Morgan fingerprint density at radius 3 is 2.23 bits per heavy atom. The van der Waals surface area contributed by atoms with E-state index in [2.05, 4.69) is 116 Å². The molecule has 0 aliphatic heterocycles. The maximum atomic E-state index is 4.99. The Bertz CT molecular complexity index is 1720. The number of hydrogen-bond donors (Lipinski definition) is 0. The third-order valence-corrected chi connectivity index (χ3v) is 10.5. The van der Waals surface area contributed by atoms with Gasteiger partial charge in [0, 0.05) is 16.6 Å². The Morgan fingerprint density at radius 2 is 1.49 bits per heavy atom. The molecule has 5 aromatic rings. The van der Waals surface area contributed by atoms with Crippen LogP contribution in [0.25, 0.3) is 42.6 Å². The van der Waals surface area contributed by atoms with Gasteiger partial charge in [0.05, 0.1) is 10.4 Å². The fourth-order valence-corrected chi connectivity index (χ4v) is 8.08. The van der Waals surface area contributed by atoms with Gasteiger partial charge in [-0.1, -0.05) is 91.3 Å². The van der Waals surface area contributed by atoms with Crippen LogP contribution in [0.2, 0.25) is 0 Å². The predicted octanol–water partition coefficient (Wildman–Crippen LogP) is 11.1. The molecule has 2 aromatic heterocycles. The summed E-state index contributed by atoms with van der Waals surface area (Å²) in [5, 5.41) is 3.93. The first kappa shape index (κ1) is 26.3. The van der Waals surface area contributed by atoms with Crippen molar-refractivity contribution in [2.45, 2.75) is 90.9 Å². The molecule has 0 amide bonds. The lowest BCUT2D eigenvalue weighted by Gasteiger charge is -2.30. The Kier molecular flexibility index (Phi) is 6.08. The highest BCUT2D eigenvalue weighted by molar-refractivity contribution is 7.23. The van der Waals surface area contributed by atoms with E-state index in [9.17, 15) is 0 Å². The van der Waals surface area contributed by atoms with Gasteiger partial charge in [-0.05, 0) is 104 Å². The van der Waals surface area contributed by atoms with Crippen molar-refractivity contribution in [3.8, 4) is 21.7 Å². The molecule has 0 fully saturated rings. The number of thiophene rings is 1. The molecule has 1 nitrogen and oxygen atoms in total. The first-order chi connectivity index (χ1) is 18.4. The van der Waals surface area contributed by atoms with Crippen LogP contribution in [0.5, 0.6) is 0 Å². The molecule has 2 heteroatoms. The highest BCUT2D eigenvalue weighted by atomic mass is 32.1. The second-order valence-electron chi connectivity index (χ2n) is 14.0. The van der Waals surface area contributed by atoms with E-state index in [1.165, 1.54) is 78.4 Å². The second-order valence-corrected chi connectivity index (χ2v) is 15.0. The summed E-state index contributed by atoms with van der Waals surface area (Å²) in [5.74, 6) is 0. The maximum Gasteiger partial charge on any atom is 0.0880 e. The van der Waals surface area contributed by atoms with Gasteiger partial charge < -0.3 is 0 Å². The summed E-state index contributed by atoms with van der Waals surface area (Å²) in [7, 11) is 0. The predicted molar refractivity (Wildman–Crippen MR) is 171 cm³/mol. The topological polar surface area (TPSA) is 12.9 Å². The number of aromatic nitrogens is 1.